The average molecular weight is 269 g/mol. The minimum Gasteiger partial charge on any atom is -0.481 e. The SMILES string of the molecule is Cc1cc(NC(=O)CN(CCC(=O)O)C(C)C)on1. The van der Waals surface area contributed by atoms with Gasteiger partial charge in [0.2, 0.25) is 11.8 Å². The van der Waals surface area contributed by atoms with Gasteiger partial charge in [-0.25, -0.2) is 0 Å². The number of aliphatic carboxylic acids is 1. The van der Waals surface area contributed by atoms with Crippen molar-refractivity contribution in [2.45, 2.75) is 33.2 Å². The number of hydrogen-bond donors (Lipinski definition) is 2. The number of anilines is 1. The number of carbonyl (C=O) groups excluding carboxylic acids is 1. The van der Waals surface area contributed by atoms with Crippen molar-refractivity contribution < 1.29 is 19.2 Å². The molecule has 106 valence electrons. The first-order valence-corrected chi connectivity index (χ1v) is 6.07. The largest absolute Gasteiger partial charge is 0.481 e. The predicted molar refractivity (Wildman–Crippen MR) is 68.8 cm³/mol. The lowest BCUT2D eigenvalue weighted by molar-refractivity contribution is -0.137. The summed E-state index contributed by atoms with van der Waals surface area (Å²) in [4.78, 5) is 24.1. The van der Waals surface area contributed by atoms with E-state index < -0.39 is 5.97 Å². The molecule has 1 heterocycles. The molecule has 0 saturated heterocycles. The minimum atomic E-state index is -0.878. The summed E-state index contributed by atoms with van der Waals surface area (Å²) in [6.07, 6.45) is 0.00682. The lowest BCUT2D eigenvalue weighted by atomic mass is 10.2. The monoisotopic (exact) mass is 269 g/mol. The van der Waals surface area contributed by atoms with Crippen molar-refractivity contribution in [1.82, 2.24) is 10.1 Å². The summed E-state index contributed by atoms with van der Waals surface area (Å²) < 4.78 is 4.88. The molecule has 0 aliphatic heterocycles. The minimum absolute atomic E-state index is 0.00682. The Hall–Kier alpha value is -1.89. The van der Waals surface area contributed by atoms with E-state index in [1.54, 1.807) is 17.9 Å². The summed E-state index contributed by atoms with van der Waals surface area (Å²) >= 11 is 0. The third kappa shape index (κ3) is 5.52. The van der Waals surface area contributed by atoms with Crippen LogP contribution in [0.3, 0.4) is 0 Å². The average Bonchev–Trinajstić information content (AvgIpc) is 2.69. The van der Waals surface area contributed by atoms with E-state index in [0.29, 0.717) is 18.1 Å². The zero-order valence-corrected chi connectivity index (χ0v) is 11.3. The van der Waals surface area contributed by atoms with Crippen molar-refractivity contribution in [2.24, 2.45) is 0 Å². The summed E-state index contributed by atoms with van der Waals surface area (Å²) in [5.74, 6) is -0.836. The van der Waals surface area contributed by atoms with Crippen LogP contribution in [0.5, 0.6) is 0 Å². The number of nitrogens with zero attached hydrogens (tertiary/aromatic N) is 2. The molecule has 1 aromatic heterocycles. The van der Waals surface area contributed by atoms with E-state index in [9.17, 15) is 9.59 Å². The van der Waals surface area contributed by atoms with E-state index in [-0.39, 0.29) is 24.9 Å². The summed E-state index contributed by atoms with van der Waals surface area (Å²) in [7, 11) is 0. The number of amides is 1. The molecule has 2 N–H and O–H groups in total. The van der Waals surface area contributed by atoms with Gasteiger partial charge in [-0.3, -0.25) is 19.8 Å². The first-order valence-electron chi connectivity index (χ1n) is 6.07. The lowest BCUT2D eigenvalue weighted by Gasteiger charge is -2.24. The molecule has 1 rings (SSSR count). The maximum absolute atomic E-state index is 11.8. The highest BCUT2D eigenvalue weighted by Gasteiger charge is 2.16. The van der Waals surface area contributed by atoms with Gasteiger partial charge in [-0.1, -0.05) is 5.16 Å². The van der Waals surface area contributed by atoms with E-state index in [1.165, 1.54) is 0 Å². The highest BCUT2D eigenvalue weighted by atomic mass is 16.5. The number of aromatic nitrogens is 1. The number of carbonyl (C=O) groups is 2. The second-order valence-corrected chi connectivity index (χ2v) is 4.59. The van der Waals surface area contributed by atoms with Crippen LogP contribution in [0.2, 0.25) is 0 Å². The Bertz CT molecular complexity index is 442. The van der Waals surface area contributed by atoms with E-state index >= 15 is 0 Å². The Morgan fingerprint density at radius 1 is 1.53 bits per heavy atom. The van der Waals surface area contributed by atoms with Crippen LogP contribution in [-0.4, -0.2) is 46.2 Å². The molecule has 19 heavy (non-hydrogen) atoms. The quantitative estimate of drug-likeness (QED) is 0.769. The van der Waals surface area contributed by atoms with Gasteiger partial charge in [0, 0.05) is 18.7 Å². The molecular formula is C12H19N3O4. The molecule has 7 nitrogen and oxygen atoms in total. The molecule has 0 spiro atoms. The zero-order valence-electron chi connectivity index (χ0n) is 11.3. The van der Waals surface area contributed by atoms with Gasteiger partial charge in [-0.2, -0.15) is 0 Å². The molecule has 1 amide bonds. The topological polar surface area (TPSA) is 95.7 Å². The van der Waals surface area contributed by atoms with Crippen molar-refractivity contribution in [3.05, 3.63) is 11.8 Å². The van der Waals surface area contributed by atoms with Gasteiger partial charge in [0.25, 0.3) is 0 Å². The molecule has 0 aromatic carbocycles. The molecule has 0 aliphatic carbocycles. The van der Waals surface area contributed by atoms with E-state index in [1.807, 2.05) is 13.8 Å². The van der Waals surface area contributed by atoms with Crippen LogP contribution in [0, 0.1) is 6.92 Å². The van der Waals surface area contributed by atoms with Gasteiger partial charge >= 0.3 is 5.97 Å². The van der Waals surface area contributed by atoms with Gasteiger partial charge in [0.05, 0.1) is 18.7 Å². The van der Waals surface area contributed by atoms with Crippen molar-refractivity contribution in [3.63, 3.8) is 0 Å². The van der Waals surface area contributed by atoms with E-state index in [4.69, 9.17) is 9.63 Å². The Labute approximate surface area is 111 Å². The molecule has 0 atom stereocenters. The number of hydrogen-bond acceptors (Lipinski definition) is 5. The van der Waals surface area contributed by atoms with Crippen LogP contribution in [0.25, 0.3) is 0 Å². The predicted octanol–water partition coefficient (Wildman–Crippen LogP) is 1.11. The van der Waals surface area contributed by atoms with Crippen molar-refractivity contribution in [2.75, 3.05) is 18.4 Å². The zero-order chi connectivity index (χ0) is 14.4. The van der Waals surface area contributed by atoms with Gasteiger partial charge in [0.15, 0.2) is 0 Å². The van der Waals surface area contributed by atoms with Crippen LogP contribution in [0.1, 0.15) is 26.0 Å². The highest BCUT2D eigenvalue weighted by molar-refractivity contribution is 5.91. The number of aryl methyl sites for hydroxylation is 1. The maximum atomic E-state index is 11.8. The maximum Gasteiger partial charge on any atom is 0.304 e. The molecule has 0 fully saturated rings. The highest BCUT2D eigenvalue weighted by Crippen LogP contribution is 2.08. The summed E-state index contributed by atoms with van der Waals surface area (Å²) in [6, 6.07) is 1.70. The van der Waals surface area contributed by atoms with Crippen molar-refractivity contribution >= 4 is 17.8 Å². The van der Waals surface area contributed by atoms with E-state index in [0.717, 1.165) is 0 Å². The van der Waals surface area contributed by atoms with Gasteiger partial charge in [-0.15, -0.1) is 0 Å². The van der Waals surface area contributed by atoms with Crippen LogP contribution in [-0.2, 0) is 9.59 Å². The van der Waals surface area contributed by atoms with Gasteiger partial charge in [-0.05, 0) is 20.8 Å². The number of carboxylic acids is 1. The number of nitrogens with one attached hydrogen (secondary N) is 1. The van der Waals surface area contributed by atoms with Crippen LogP contribution >= 0.6 is 0 Å². The third-order valence-corrected chi connectivity index (χ3v) is 2.58. The Kier molecular flexibility index (Phi) is 5.50. The fourth-order valence-electron chi connectivity index (χ4n) is 1.54. The first kappa shape index (κ1) is 15.2. The van der Waals surface area contributed by atoms with Gasteiger partial charge in [0.1, 0.15) is 0 Å². The number of rotatable bonds is 7. The first-order chi connectivity index (χ1) is 8.88. The second kappa shape index (κ2) is 6.89. The van der Waals surface area contributed by atoms with E-state index in [2.05, 4.69) is 10.5 Å². The Morgan fingerprint density at radius 2 is 2.21 bits per heavy atom. The summed E-state index contributed by atoms with van der Waals surface area (Å²) in [6.45, 7) is 6.02. The molecular weight excluding hydrogens is 250 g/mol. The fourth-order valence-corrected chi connectivity index (χ4v) is 1.54. The van der Waals surface area contributed by atoms with Crippen LogP contribution < -0.4 is 5.32 Å². The Balaban J connectivity index is 2.49. The number of carboxylic acid groups (broad SMARTS) is 1. The summed E-state index contributed by atoms with van der Waals surface area (Å²) in [5.41, 5.74) is 0.682. The normalized spacial score (nSPS) is 11.0. The molecule has 0 radical (unpaired) electrons. The van der Waals surface area contributed by atoms with Crippen molar-refractivity contribution in [1.29, 1.82) is 0 Å². The van der Waals surface area contributed by atoms with Crippen LogP contribution in [0.15, 0.2) is 10.6 Å². The van der Waals surface area contributed by atoms with Crippen molar-refractivity contribution in [3.8, 4) is 0 Å². The Morgan fingerprint density at radius 3 is 2.68 bits per heavy atom. The molecule has 0 aliphatic rings. The standard InChI is InChI=1S/C12H19N3O4/c1-8(2)15(5-4-12(17)18)7-10(16)13-11-6-9(3)14-19-11/h6,8H,4-5,7H2,1-3H3,(H,13,16)(H,17,18). The summed E-state index contributed by atoms with van der Waals surface area (Å²) in [5, 5.41) is 14.9. The molecule has 1 aromatic rings. The lowest BCUT2D eigenvalue weighted by Crippen LogP contribution is -2.39. The second-order valence-electron chi connectivity index (χ2n) is 4.59. The molecule has 0 saturated carbocycles. The molecule has 0 unspecified atom stereocenters. The van der Waals surface area contributed by atoms with Gasteiger partial charge < -0.3 is 9.63 Å². The molecule has 0 bridgehead atoms. The smallest absolute Gasteiger partial charge is 0.304 e. The van der Waals surface area contributed by atoms with Crippen LogP contribution in [0.4, 0.5) is 5.88 Å². The molecule has 7 heteroatoms. The fraction of sp³-hybridized carbons (Fsp3) is 0.583. The third-order valence-electron chi connectivity index (χ3n) is 2.58.